The summed E-state index contributed by atoms with van der Waals surface area (Å²) in [6.45, 7) is 0.613. The van der Waals surface area contributed by atoms with Gasteiger partial charge in [-0.3, -0.25) is 9.78 Å². The first kappa shape index (κ1) is 15.8. The minimum Gasteiger partial charge on any atom is -0.493 e. The van der Waals surface area contributed by atoms with E-state index in [1.54, 1.807) is 38.6 Å². The number of hydrogen-bond acceptors (Lipinski definition) is 4. The van der Waals surface area contributed by atoms with Crippen LogP contribution in [0.2, 0.25) is 0 Å². The van der Waals surface area contributed by atoms with Crippen molar-refractivity contribution in [2.24, 2.45) is 0 Å². The van der Waals surface area contributed by atoms with Crippen LogP contribution in [-0.4, -0.2) is 31.7 Å². The summed E-state index contributed by atoms with van der Waals surface area (Å²) in [4.78, 5) is 16.2. The summed E-state index contributed by atoms with van der Waals surface area (Å²) < 4.78 is 10.4. The Hall–Kier alpha value is -2.56. The van der Waals surface area contributed by atoms with E-state index in [9.17, 15) is 4.79 Å². The van der Waals surface area contributed by atoms with Crippen molar-refractivity contribution in [3.05, 3.63) is 53.9 Å². The number of amides is 1. The van der Waals surface area contributed by atoms with Crippen LogP contribution in [0.25, 0.3) is 0 Å². The molecule has 0 saturated heterocycles. The molecule has 0 fully saturated rings. The highest BCUT2D eigenvalue weighted by Crippen LogP contribution is 2.27. The van der Waals surface area contributed by atoms with E-state index in [1.807, 2.05) is 18.3 Å². The van der Waals surface area contributed by atoms with Crippen molar-refractivity contribution in [1.82, 2.24) is 10.3 Å². The second-order valence-corrected chi connectivity index (χ2v) is 4.79. The number of aromatic nitrogens is 1. The number of nitrogens with zero attached hydrogens (tertiary/aromatic N) is 1. The van der Waals surface area contributed by atoms with Crippen molar-refractivity contribution >= 4 is 5.91 Å². The van der Waals surface area contributed by atoms with Gasteiger partial charge in [-0.15, -0.1) is 0 Å². The Bertz CT molecular complexity index is 615. The third-order valence-corrected chi connectivity index (χ3v) is 3.30. The van der Waals surface area contributed by atoms with Crippen LogP contribution in [-0.2, 0) is 6.42 Å². The van der Waals surface area contributed by atoms with Gasteiger partial charge in [-0.2, -0.15) is 0 Å². The highest BCUT2D eigenvalue weighted by atomic mass is 16.5. The van der Waals surface area contributed by atoms with Crippen LogP contribution < -0.4 is 14.8 Å². The second kappa shape index (κ2) is 8.02. The number of aryl methyl sites for hydroxylation is 1. The van der Waals surface area contributed by atoms with Crippen molar-refractivity contribution in [2.75, 3.05) is 20.8 Å². The van der Waals surface area contributed by atoms with Crippen LogP contribution in [0.4, 0.5) is 0 Å². The zero-order chi connectivity index (χ0) is 15.8. The highest BCUT2D eigenvalue weighted by molar-refractivity contribution is 5.94. The number of benzene rings is 1. The summed E-state index contributed by atoms with van der Waals surface area (Å²) in [5.74, 6) is 1.04. The summed E-state index contributed by atoms with van der Waals surface area (Å²) in [7, 11) is 3.11. The lowest BCUT2D eigenvalue weighted by Gasteiger charge is -2.10. The topological polar surface area (TPSA) is 60.5 Å². The smallest absolute Gasteiger partial charge is 0.251 e. The maximum atomic E-state index is 12.1. The Morgan fingerprint density at radius 2 is 2.00 bits per heavy atom. The maximum absolute atomic E-state index is 12.1. The van der Waals surface area contributed by atoms with Crippen LogP contribution in [0.3, 0.4) is 0 Å². The van der Waals surface area contributed by atoms with E-state index < -0.39 is 0 Å². The SMILES string of the molecule is COc1ccc(C(=O)NCCCc2cccnc2)cc1OC. The summed E-state index contributed by atoms with van der Waals surface area (Å²) in [5, 5.41) is 2.90. The third kappa shape index (κ3) is 4.22. The van der Waals surface area contributed by atoms with Gasteiger partial charge in [0.05, 0.1) is 14.2 Å². The summed E-state index contributed by atoms with van der Waals surface area (Å²) in [6.07, 6.45) is 5.35. The second-order valence-electron chi connectivity index (χ2n) is 4.79. The molecule has 2 rings (SSSR count). The van der Waals surface area contributed by atoms with Gasteiger partial charge in [-0.1, -0.05) is 6.07 Å². The predicted molar refractivity (Wildman–Crippen MR) is 84.4 cm³/mol. The molecule has 1 aromatic carbocycles. The number of ether oxygens (including phenoxy) is 2. The molecule has 22 heavy (non-hydrogen) atoms. The summed E-state index contributed by atoms with van der Waals surface area (Å²) in [5.41, 5.74) is 1.72. The van der Waals surface area contributed by atoms with E-state index >= 15 is 0 Å². The van der Waals surface area contributed by atoms with E-state index in [-0.39, 0.29) is 5.91 Å². The van der Waals surface area contributed by atoms with Gasteiger partial charge in [0.1, 0.15) is 0 Å². The molecule has 0 spiro atoms. The molecular formula is C17H20N2O3. The first-order chi connectivity index (χ1) is 10.7. The number of pyridine rings is 1. The Kier molecular flexibility index (Phi) is 5.77. The molecule has 1 N–H and O–H groups in total. The molecule has 0 saturated carbocycles. The van der Waals surface area contributed by atoms with Crippen molar-refractivity contribution in [1.29, 1.82) is 0 Å². The third-order valence-electron chi connectivity index (χ3n) is 3.30. The zero-order valence-electron chi connectivity index (χ0n) is 12.8. The Morgan fingerprint density at radius 3 is 2.68 bits per heavy atom. The van der Waals surface area contributed by atoms with Crippen LogP contribution >= 0.6 is 0 Å². The lowest BCUT2D eigenvalue weighted by Crippen LogP contribution is -2.24. The highest BCUT2D eigenvalue weighted by Gasteiger charge is 2.10. The molecule has 5 heteroatoms. The molecule has 5 nitrogen and oxygen atoms in total. The molecule has 116 valence electrons. The molecule has 0 radical (unpaired) electrons. The Labute approximate surface area is 130 Å². The predicted octanol–water partition coefficient (Wildman–Crippen LogP) is 2.46. The molecule has 0 bridgehead atoms. The maximum Gasteiger partial charge on any atom is 0.251 e. The number of hydrogen-bond donors (Lipinski definition) is 1. The monoisotopic (exact) mass is 300 g/mol. The van der Waals surface area contributed by atoms with E-state index in [2.05, 4.69) is 10.3 Å². The Morgan fingerprint density at radius 1 is 1.18 bits per heavy atom. The van der Waals surface area contributed by atoms with Gasteiger partial charge < -0.3 is 14.8 Å². The summed E-state index contributed by atoms with van der Waals surface area (Å²) >= 11 is 0. The number of rotatable bonds is 7. The fraction of sp³-hybridized carbons (Fsp3) is 0.294. The number of carbonyl (C=O) groups excluding carboxylic acids is 1. The van der Waals surface area contributed by atoms with Crippen LogP contribution in [0, 0.1) is 0 Å². The van der Waals surface area contributed by atoms with Gasteiger partial charge in [-0.25, -0.2) is 0 Å². The average molecular weight is 300 g/mol. The first-order valence-electron chi connectivity index (χ1n) is 7.13. The van der Waals surface area contributed by atoms with Crippen molar-refractivity contribution in [3.63, 3.8) is 0 Å². The largest absolute Gasteiger partial charge is 0.493 e. The molecule has 0 unspecified atom stereocenters. The molecule has 0 atom stereocenters. The van der Waals surface area contributed by atoms with E-state index in [1.165, 1.54) is 5.56 Å². The molecule has 2 aromatic rings. The molecule has 1 aromatic heterocycles. The zero-order valence-corrected chi connectivity index (χ0v) is 12.8. The van der Waals surface area contributed by atoms with Crippen LogP contribution in [0.1, 0.15) is 22.3 Å². The van der Waals surface area contributed by atoms with Gasteiger partial charge >= 0.3 is 0 Å². The molecular weight excluding hydrogens is 280 g/mol. The van der Waals surface area contributed by atoms with Crippen molar-refractivity contribution < 1.29 is 14.3 Å². The fourth-order valence-corrected chi connectivity index (χ4v) is 2.12. The number of methoxy groups -OCH3 is 2. The van der Waals surface area contributed by atoms with Gasteiger partial charge in [-0.05, 0) is 42.7 Å². The minimum atomic E-state index is -0.118. The lowest BCUT2D eigenvalue weighted by molar-refractivity contribution is 0.0953. The molecule has 0 aliphatic carbocycles. The Balaban J connectivity index is 1.84. The van der Waals surface area contributed by atoms with E-state index in [0.717, 1.165) is 12.8 Å². The summed E-state index contributed by atoms with van der Waals surface area (Å²) in [6, 6.07) is 9.07. The quantitative estimate of drug-likeness (QED) is 0.798. The molecule has 0 aliphatic rings. The van der Waals surface area contributed by atoms with Crippen LogP contribution in [0.5, 0.6) is 11.5 Å². The number of nitrogens with one attached hydrogen (secondary N) is 1. The van der Waals surface area contributed by atoms with Crippen molar-refractivity contribution in [2.45, 2.75) is 12.8 Å². The molecule has 1 heterocycles. The number of carbonyl (C=O) groups is 1. The van der Waals surface area contributed by atoms with Gasteiger partial charge in [0.2, 0.25) is 0 Å². The van der Waals surface area contributed by atoms with Gasteiger partial charge in [0.25, 0.3) is 5.91 Å². The van der Waals surface area contributed by atoms with Gasteiger partial charge in [0.15, 0.2) is 11.5 Å². The normalized spacial score (nSPS) is 10.1. The van der Waals surface area contributed by atoms with Crippen molar-refractivity contribution in [3.8, 4) is 11.5 Å². The first-order valence-corrected chi connectivity index (χ1v) is 7.13. The van der Waals surface area contributed by atoms with E-state index in [4.69, 9.17) is 9.47 Å². The molecule has 1 amide bonds. The fourth-order valence-electron chi connectivity index (χ4n) is 2.12. The molecule has 0 aliphatic heterocycles. The minimum absolute atomic E-state index is 0.118. The van der Waals surface area contributed by atoms with Crippen LogP contribution in [0.15, 0.2) is 42.7 Å². The average Bonchev–Trinajstić information content (AvgIpc) is 2.58. The lowest BCUT2D eigenvalue weighted by atomic mass is 10.1. The standard InChI is InChI=1S/C17H20N2O3/c1-21-15-8-7-14(11-16(15)22-2)17(20)19-10-4-6-13-5-3-9-18-12-13/h3,5,7-9,11-12H,4,6,10H2,1-2H3,(H,19,20). The van der Waals surface area contributed by atoms with Gasteiger partial charge in [0, 0.05) is 24.5 Å². The van der Waals surface area contributed by atoms with E-state index in [0.29, 0.717) is 23.6 Å².